The second kappa shape index (κ2) is 13.5. The highest BCUT2D eigenvalue weighted by atomic mass is 16.5. The molecule has 0 bridgehead atoms. The molecule has 0 saturated carbocycles. The molecule has 0 fully saturated rings. The van der Waals surface area contributed by atoms with Gasteiger partial charge in [-0.05, 0) is 48.9 Å². The van der Waals surface area contributed by atoms with Crippen LogP contribution >= 0.6 is 0 Å². The van der Waals surface area contributed by atoms with Crippen LogP contribution in [0.4, 0.5) is 0 Å². The summed E-state index contributed by atoms with van der Waals surface area (Å²) in [6.07, 6.45) is 15.3. The molecular weight excluding hydrogens is 408 g/mol. The highest BCUT2D eigenvalue weighted by Crippen LogP contribution is 2.19. The molecule has 1 heterocycles. The Morgan fingerprint density at radius 1 is 0.697 bits per heavy atom. The SMILES string of the molecule is CCCCCCCc1ccc(C(=O)Oc2cnc(-c3ccc(CCCCC)cc3)nc2)cc1. The summed E-state index contributed by atoms with van der Waals surface area (Å²) >= 11 is 0. The second-order valence-electron chi connectivity index (χ2n) is 8.65. The number of unbranched alkanes of at least 4 members (excludes halogenated alkanes) is 6. The largest absolute Gasteiger partial charge is 0.420 e. The van der Waals surface area contributed by atoms with E-state index in [2.05, 4.69) is 35.9 Å². The van der Waals surface area contributed by atoms with Gasteiger partial charge in [-0.1, -0.05) is 88.8 Å². The summed E-state index contributed by atoms with van der Waals surface area (Å²) in [6.45, 7) is 4.44. The molecule has 0 aliphatic rings. The molecule has 0 aliphatic carbocycles. The van der Waals surface area contributed by atoms with Gasteiger partial charge in [0.05, 0.1) is 18.0 Å². The first kappa shape index (κ1) is 24.6. The number of carbonyl (C=O) groups excluding carboxylic acids is 1. The normalized spacial score (nSPS) is 10.8. The minimum absolute atomic E-state index is 0.347. The fraction of sp³-hybridized carbons (Fsp3) is 0.414. The summed E-state index contributed by atoms with van der Waals surface area (Å²) < 4.78 is 5.47. The molecule has 0 saturated heterocycles. The quantitative estimate of drug-likeness (QED) is 0.201. The summed E-state index contributed by atoms with van der Waals surface area (Å²) in [7, 11) is 0. The molecule has 174 valence electrons. The van der Waals surface area contributed by atoms with Crippen molar-refractivity contribution in [1.29, 1.82) is 0 Å². The van der Waals surface area contributed by atoms with Gasteiger partial charge in [-0.3, -0.25) is 0 Å². The van der Waals surface area contributed by atoms with E-state index in [4.69, 9.17) is 4.74 Å². The number of rotatable bonds is 13. The van der Waals surface area contributed by atoms with Crippen molar-refractivity contribution in [3.8, 4) is 17.1 Å². The van der Waals surface area contributed by atoms with Crippen molar-refractivity contribution in [1.82, 2.24) is 9.97 Å². The molecule has 3 aromatic rings. The lowest BCUT2D eigenvalue weighted by atomic mass is 10.0. The lowest BCUT2D eigenvalue weighted by molar-refractivity contribution is 0.0733. The van der Waals surface area contributed by atoms with Gasteiger partial charge in [-0.15, -0.1) is 0 Å². The van der Waals surface area contributed by atoms with E-state index >= 15 is 0 Å². The lowest BCUT2D eigenvalue weighted by Gasteiger charge is -2.07. The molecule has 0 aliphatic heterocycles. The molecule has 0 atom stereocenters. The maximum atomic E-state index is 12.5. The van der Waals surface area contributed by atoms with Crippen molar-refractivity contribution in [3.05, 3.63) is 77.6 Å². The lowest BCUT2D eigenvalue weighted by Crippen LogP contribution is -2.09. The van der Waals surface area contributed by atoms with Crippen molar-refractivity contribution < 1.29 is 9.53 Å². The van der Waals surface area contributed by atoms with Gasteiger partial charge in [0.2, 0.25) is 0 Å². The number of ether oxygens (including phenoxy) is 1. The van der Waals surface area contributed by atoms with Gasteiger partial charge in [0, 0.05) is 5.56 Å². The van der Waals surface area contributed by atoms with Crippen molar-refractivity contribution in [3.63, 3.8) is 0 Å². The fourth-order valence-electron chi connectivity index (χ4n) is 3.82. The van der Waals surface area contributed by atoms with Gasteiger partial charge < -0.3 is 4.74 Å². The highest BCUT2D eigenvalue weighted by Gasteiger charge is 2.10. The molecular formula is C29H36N2O2. The second-order valence-corrected chi connectivity index (χ2v) is 8.65. The molecule has 0 radical (unpaired) electrons. The van der Waals surface area contributed by atoms with Gasteiger partial charge in [0.1, 0.15) is 0 Å². The Balaban J connectivity index is 1.50. The molecule has 0 unspecified atom stereocenters. The first-order valence-corrected chi connectivity index (χ1v) is 12.4. The Morgan fingerprint density at radius 2 is 1.21 bits per heavy atom. The number of aryl methyl sites for hydroxylation is 2. The molecule has 0 amide bonds. The smallest absolute Gasteiger partial charge is 0.343 e. The number of benzene rings is 2. The average molecular weight is 445 g/mol. The third kappa shape index (κ3) is 8.12. The summed E-state index contributed by atoms with van der Waals surface area (Å²) in [5.74, 6) is 0.579. The summed E-state index contributed by atoms with van der Waals surface area (Å²) in [6, 6.07) is 16.1. The summed E-state index contributed by atoms with van der Waals surface area (Å²) in [5.41, 5.74) is 4.08. The highest BCUT2D eigenvalue weighted by molar-refractivity contribution is 5.91. The third-order valence-electron chi connectivity index (χ3n) is 5.88. The van der Waals surface area contributed by atoms with Crippen LogP contribution in [0.5, 0.6) is 5.75 Å². The van der Waals surface area contributed by atoms with Crippen LogP contribution in [0.25, 0.3) is 11.4 Å². The van der Waals surface area contributed by atoms with E-state index in [1.807, 2.05) is 36.4 Å². The minimum Gasteiger partial charge on any atom is -0.420 e. The number of carbonyl (C=O) groups is 1. The van der Waals surface area contributed by atoms with Crippen molar-refractivity contribution in [2.24, 2.45) is 0 Å². The van der Waals surface area contributed by atoms with E-state index in [9.17, 15) is 4.79 Å². The molecule has 4 heteroatoms. The van der Waals surface area contributed by atoms with Crippen LogP contribution in [0.3, 0.4) is 0 Å². The number of esters is 1. The number of aromatic nitrogens is 2. The van der Waals surface area contributed by atoms with Gasteiger partial charge in [0.25, 0.3) is 0 Å². The molecule has 4 nitrogen and oxygen atoms in total. The van der Waals surface area contributed by atoms with Crippen molar-refractivity contribution in [2.45, 2.75) is 78.1 Å². The van der Waals surface area contributed by atoms with E-state index in [0.29, 0.717) is 17.1 Å². The van der Waals surface area contributed by atoms with E-state index in [0.717, 1.165) is 18.4 Å². The van der Waals surface area contributed by atoms with Crippen molar-refractivity contribution >= 4 is 5.97 Å². The van der Waals surface area contributed by atoms with Crippen LogP contribution < -0.4 is 4.74 Å². The number of hydrogen-bond acceptors (Lipinski definition) is 4. The Bertz CT molecular complexity index is 964. The summed E-state index contributed by atoms with van der Waals surface area (Å²) in [5, 5.41) is 0. The maximum absolute atomic E-state index is 12.5. The van der Waals surface area contributed by atoms with Gasteiger partial charge in [-0.25, -0.2) is 14.8 Å². The van der Waals surface area contributed by atoms with Gasteiger partial charge in [-0.2, -0.15) is 0 Å². The van der Waals surface area contributed by atoms with Crippen molar-refractivity contribution in [2.75, 3.05) is 0 Å². The van der Waals surface area contributed by atoms with E-state index < -0.39 is 5.97 Å². The Labute approximate surface area is 198 Å². The van der Waals surface area contributed by atoms with E-state index in [-0.39, 0.29) is 0 Å². The predicted molar refractivity (Wildman–Crippen MR) is 135 cm³/mol. The van der Waals surface area contributed by atoms with Gasteiger partial charge >= 0.3 is 5.97 Å². The predicted octanol–water partition coefficient (Wildman–Crippen LogP) is 7.61. The fourth-order valence-corrected chi connectivity index (χ4v) is 3.82. The average Bonchev–Trinajstić information content (AvgIpc) is 2.85. The van der Waals surface area contributed by atoms with E-state index in [1.54, 1.807) is 12.4 Å². The summed E-state index contributed by atoms with van der Waals surface area (Å²) in [4.78, 5) is 21.2. The zero-order valence-electron chi connectivity index (χ0n) is 20.1. The third-order valence-corrected chi connectivity index (χ3v) is 5.88. The molecule has 33 heavy (non-hydrogen) atoms. The number of nitrogens with zero attached hydrogens (tertiary/aromatic N) is 2. The monoisotopic (exact) mass is 444 g/mol. The van der Waals surface area contributed by atoms with Crippen LogP contribution in [-0.4, -0.2) is 15.9 Å². The molecule has 0 spiro atoms. The topological polar surface area (TPSA) is 52.1 Å². The Hall–Kier alpha value is -3.01. The zero-order chi connectivity index (χ0) is 23.3. The molecule has 2 aromatic carbocycles. The molecule has 3 rings (SSSR count). The molecule has 0 N–H and O–H groups in total. The van der Waals surface area contributed by atoms with Crippen LogP contribution in [0.15, 0.2) is 60.9 Å². The van der Waals surface area contributed by atoms with Gasteiger partial charge in [0.15, 0.2) is 11.6 Å². The Kier molecular flexibility index (Phi) is 10.1. The first-order valence-electron chi connectivity index (χ1n) is 12.4. The van der Waals surface area contributed by atoms with Crippen LogP contribution in [0, 0.1) is 0 Å². The van der Waals surface area contributed by atoms with Crippen LogP contribution in [0.1, 0.15) is 86.7 Å². The minimum atomic E-state index is -0.391. The zero-order valence-corrected chi connectivity index (χ0v) is 20.1. The van der Waals surface area contributed by atoms with Crippen LogP contribution in [-0.2, 0) is 12.8 Å². The maximum Gasteiger partial charge on any atom is 0.343 e. The molecule has 1 aromatic heterocycles. The first-order chi connectivity index (χ1) is 16.2. The number of hydrogen-bond donors (Lipinski definition) is 0. The standard InChI is InChI=1S/C29H36N2O2/c1-3-5-7-8-10-12-24-15-19-26(20-16-24)29(32)33-27-21-30-28(31-22-27)25-17-13-23(14-18-25)11-9-6-4-2/h13-22H,3-12H2,1-2H3. The van der Waals surface area contributed by atoms with Crippen LogP contribution in [0.2, 0.25) is 0 Å². The van der Waals surface area contributed by atoms with E-state index in [1.165, 1.54) is 62.5 Å². The Morgan fingerprint density at radius 3 is 1.82 bits per heavy atom.